The van der Waals surface area contributed by atoms with E-state index in [4.69, 9.17) is 0 Å². The molecule has 3 aromatic heterocycles. The fourth-order valence-corrected chi connectivity index (χ4v) is 3.56. The lowest BCUT2D eigenvalue weighted by atomic mass is 10.2. The van der Waals surface area contributed by atoms with Crippen molar-refractivity contribution >= 4 is 22.8 Å². The Morgan fingerprint density at radius 2 is 1.94 bits per heavy atom. The fraction of sp³-hybridized carbons (Fsp3) is 0.286. The lowest BCUT2D eigenvalue weighted by Gasteiger charge is -2.09. The van der Waals surface area contributed by atoms with Crippen molar-refractivity contribution in [3.8, 4) is 5.69 Å². The largest absolute Gasteiger partial charge is 0.332 e. The van der Waals surface area contributed by atoms with Gasteiger partial charge in [0.2, 0.25) is 5.91 Å². The number of carbonyl (C=O) groups is 1. The van der Waals surface area contributed by atoms with Gasteiger partial charge in [-0.25, -0.2) is 14.5 Å². The molecule has 1 amide bonds. The number of rotatable bonds is 6. The highest BCUT2D eigenvalue weighted by Crippen LogP contribution is 2.16. The van der Waals surface area contributed by atoms with Crippen molar-refractivity contribution in [3.63, 3.8) is 0 Å². The first-order chi connectivity index (χ1) is 14.9. The summed E-state index contributed by atoms with van der Waals surface area (Å²) >= 11 is 0. The van der Waals surface area contributed by atoms with E-state index in [1.807, 2.05) is 37.3 Å². The normalized spacial score (nSPS) is 11.2. The molecule has 1 aromatic carbocycles. The van der Waals surface area contributed by atoms with E-state index in [0.717, 1.165) is 15.9 Å². The highest BCUT2D eigenvalue weighted by atomic mass is 16.2. The van der Waals surface area contributed by atoms with Gasteiger partial charge in [0.25, 0.3) is 5.56 Å². The van der Waals surface area contributed by atoms with Gasteiger partial charge in [-0.15, -0.1) is 0 Å². The van der Waals surface area contributed by atoms with E-state index >= 15 is 0 Å². The molecule has 4 aromatic rings. The van der Waals surface area contributed by atoms with Crippen molar-refractivity contribution in [3.05, 3.63) is 69.4 Å². The minimum atomic E-state index is -0.422. The first-order valence-electron chi connectivity index (χ1n) is 9.88. The standard InChI is InChI=1S/C21H23N7O3/c1-14-9-10-23-28(14)16-7-4-6-15(12-16)24-17(29)8-5-11-27-13-22-19-18(27)20(30)26(3)21(31)25(19)2/h4,6-7,9-10,12-13H,5,8,11H2,1-3H3,(H,24,29). The van der Waals surface area contributed by atoms with Crippen molar-refractivity contribution in [1.29, 1.82) is 0 Å². The Balaban J connectivity index is 1.42. The number of fused-ring (bicyclic) bond motifs is 1. The van der Waals surface area contributed by atoms with Crippen LogP contribution in [0, 0.1) is 6.92 Å². The fourth-order valence-electron chi connectivity index (χ4n) is 3.56. The number of benzene rings is 1. The van der Waals surface area contributed by atoms with Gasteiger partial charge in [0.05, 0.1) is 12.0 Å². The quantitative estimate of drug-likeness (QED) is 0.505. The van der Waals surface area contributed by atoms with Crippen LogP contribution in [0.3, 0.4) is 0 Å². The molecule has 3 heterocycles. The predicted molar refractivity (Wildman–Crippen MR) is 116 cm³/mol. The van der Waals surface area contributed by atoms with Gasteiger partial charge in [-0.1, -0.05) is 6.07 Å². The summed E-state index contributed by atoms with van der Waals surface area (Å²) in [6.07, 6.45) is 4.04. The van der Waals surface area contributed by atoms with E-state index in [2.05, 4.69) is 15.4 Å². The summed E-state index contributed by atoms with van der Waals surface area (Å²) in [5.74, 6) is -0.126. The average Bonchev–Trinajstić information content (AvgIpc) is 3.37. The zero-order valence-electron chi connectivity index (χ0n) is 17.6. The highest BCUT2D eigenvalue weighted by Gasteiger charge is 2.14. The van der Waals surface area contributed by atoms with Crippen LogP contribution in [0.4, 0.5) is 5.69 Å². The third kappa shape index (κ3) is 3.79. The second kappa shape index (κ2) is 8.05. The Morgan fingerprint density at radius 3 is 2.68 bits per heavy atom. The topological polar surface area (TPSA) is 109 Å². The maximum Gasteiger partial charge on any atom is 0.332 e. The zero-order chi connectivity index (χ0) is 22.1. The third-order valence-corrected chi connectivity index (χ3v) is 5.23. The second-order valence-corrected chi connectivity index (χ2v) is 7.40. The zero-order valence-corrected chi connectivity index (χ0v) is 17.6. The van der Waals surface area contributed by atoms with Crippen molar-refractivity contribution < 1.29 is 4.79 Å². The van der Waals surface area contributed by atoms with Gasteiger partial charge in [-0.05, 0) is 37.6 Å². The smallest absolute Gasteiger partial charge is 0.326 e. The number of aryl methyl sites for hydroxylation is 3. The summed E-state index contributed by atoms with van der Waals surface area (Å²) < 4.78 is 5.88. The first kappa shape index (κ1) is 20.3. The summed E-state index contributed by atoms with van der Waals surface area (Å²) in [5.41, 5.74) is 2.43. The molecule has 0 atom stereocenters. The number of hydrogen-bond donors (Lipinski definition) is 1. The summed E-state index contributed by atoms with van der Waals surface area (Å²) in [4.78, 5) is 41.1. The van der Waals surface area contributed by atoms with Crippen LogP contribution in [0.25, 0.3) is 16.9 Å². The predicted octanol–water partition coefficient (Wildman–Crippen LogP) is 1.35. The molecular formula is C21H23N7O3. The number of nitrogens with one attached hydrogen (secondary N) is 1. The Morgan fingerprint density at radius 1 is 1.13 bits per heavy atom. The molecule has 10 nitrogen and oxygen atoms in total. The molecule has 4 rings (SSSR count). The van der Waals surface area contributed by atoms with Crippen molar-refractivity contribution in [2.24, 2.45) is 14.1 Å². The van der Waals surface area contributed by atoms with Gasteiger partial charge in [0.15, 0.2) is 11.2 Å². The molecular weight excluding hydrogens is 398 g/mol. The van der Waals surface area contributed by atoms with Crippen molar-refractivity contribution in [1.82, 2.24) is 28.5 Å². The number of amides is 1. The van der Waals surface area contributed by atoms with Gasteiger partial charge in [-0.3, -0.25) is 18.7 Å². The van der Waals surface area contributed by atoms with Crippen molar-refractivity contribution in [2.75, 3.05) is 5.32 Å². The summed E-state index contributed by atoms with van der Waals surface area (Å²) in [6.45, 7) is 2.40. The number of anilines is 1. The van der Waals surface area contributed by atoms with E-state index in [0.29, 0.717) is 29.8 Å². The number of nitrogens with zero attached hydrogens (tertiary/aromatic N) is 6. The maximum atomic E-state index is 12.5. The molecule has 160 valence electrons. The SMILES string of the molecule is Cc1ccnn1-c1cccc(NC(=O)CCCn2cnc3c2c(=O)n(C)c(=O)n3C)c1. The molecule has 0 aliphatic carbocycles. The molecule has 0 aliphatic rings. The van der Waals surface area contributed by atoms with Crippen LogP contribution in [0.2, 0.25) is 0 Å². The maximum absolute atomic E-state index is 12.5. The minimum Gasteiger partial charge on any atom is -0.326 e. The van der Waals surface area contributed by atoms with E-state index in [9.17, 15) is 14.4 Å². The van der Waals surface area contributed by atoms with Crippen LogP contribution in [-0.4, -0.2) is 34.4 Å². The van der Waals surface area contributed by atoms with Crippen molar-refractivity contribution in [2.45, 2.75) is 26.3 Å². The Labute approximate surface area is 177 Å². The summed E-state index contributed by atoms with van der Waals surface area (Å²) in [6, 6.07) is 9.40. The summed E-state index contributed by atoms with van der Waals surface area (Å²) in [5, 5.41) is 7.18. The Hall–Kier alpha value is -3.95. The first-order valence-corrected chi connectivity index (χ1v) is 9.88. The average molecular weight is 421 g/mol. The molecule has 0 aliphatic heterocycles. The molecule has 0 saturated heterocycles. The lowest BCUT2D eigenvalue weighted by molar-refractivity contribution is -0.116. The monoisotopic (exact) mass is 421 g/mol. The van der Waals surface area contributed by atoms with E-state index in [-0.39, 0.29) is 12.3 Å². The molecule has 0 unspecified atom stereocenters. The molecule has 0 fully saturated rings. The molecule has 1 N–H and O–H groups in total. The number of carbonyl (C=O) groups excluding carboxylic acids is 1. The van der Waals surface area contributed by atoms with Gasteiger partial charge in [0.1, 0.15) is 0 Å². The van der Waals surface area contributed by atoms with Crippen LogP contribution in [-0.2, 0) is 25.4 Å². The molecule has 0 radical (unpaired) electrons. The van der Waals surface area contributed by atoms with E-state index in [1.165, 1.54) is 17.9 Å². The third-order valence-electron chi connectivity index (χ3n) is 5.23. The Kier molecular flexibility index (Phi) is 5.28. The number of hydrogen-bond acceptors (Lipinski definition) is 5. The van der Waals surface area contributed by atoms with Gasteiger partial charge < -0.3 is 9.88 Å². The van der Waals surface area contributed by atoms with E-state index in [1.54, 1.807) is 22.5 Å². The van der Waals surface area contributed by atoms with E-state index < -0.39 is 11.2 Å². The van der Waals surface area contributed by atoms with Crippen LogP contribution in [0.1, 0.15) is 18.5 Å². The Bertz CT molecular complexity index is 1390. The lowest BCUT2D eigenvalue weighted by Crippen LogP contribution is -2.37. The van der Waals surface area contributed by atoms with Gasteiger partial charge in [-0.2, -0.15) is 5.10 Å². The number of imidazole rings is 1. The molecule has 31 heavy (non-hydrogen) atoms. The number of aromatic nitrogens is 6. The molecule has 0 bridgehead atoms. The molecule has 0 spiro atoms. The van der Waals surface area contributed by atoms with Gasteiger partial charge in [0, 0.05) is 44.6 Å². The van der Waals surface area contributed by atoms with Crippen LogP contribution < -0.4 is 16.6 Å². The van der Waals surface area contributed by atoms with Crippen LogP contribution >= 0.6 is 0 Å². The molecule has 0 saturated carbocycles. The molecule has 10 heteroatoms. The second-order valence-electron chi connectivity index (χ2n) is 7.40. The highest BCUT2D eigenvalue weighted by molar-refractivity contribution is 5.90. The minimum absolute atomic E-state index is 0.126. The van der Waals surface area contributed by atoms with Crippen LogP contribution in [0.15, 0.2) is 52.4 Å². The van der Waals surface area contributed by atoms with Crippen LogP contribution in [0.5, 0.6) is 0 Å². The van der Waals surface area contributed by atoms with Gasteiger partial charge >= 0.3 is 5.69 Å². The summed E-state index contributed by atoms with van der Waals surface area (Å²) in [7, 11) is 3.02.